The second-order valence-corrected chi connectivity index (χ2v) is 7.58. The molecule has 0 bridgehead atoms. The van der Waals surface area contributed by atoms with Crippen molar-refractivity contribution in [3.63, 3.8) is 0 Å². The Balaban J connectivity index is 1.60. The topological polar surface area (TPSA) is 54.9 Å². The number of hydrogen-bond acceptors (Lipinski definition) is 5. The van der Waals surface area contributed by atoms with Gasteiger partial charge >= 0.3 is 0 Å². The van der Waals surface area contributed by atoms with Gasteiger partial charge in [-0.3, -0.25) is 4.79 Å². The number of carbonyl (C=O) groups is 1. The van der Waals surface area contributed by atoms with E-state index in [1.807, 2.05) is 0 Å². The molecule has 0 saturated carbocycles. The molecule has 0 aliphatic heterocycles. The van der Waals surface area contributed by atoms with Gasteiger partial charge in [-0.1, -0.05) is 0 Å². The molecule has 0 atom stereocenters. The average Bonchev–Trinajstić information content (AvgIpc) is 2.85. The molecule has 3 rings (SSSR count). The van der Waals surface area contributed by atoms with Gasteiger partial charge in [0.05, 0.1) is 0 Å². The zero-order valence-electron chi connectivity index (χ0n) is 13.3. The van der Waals surface area contributed by atoms with Gasteiger partial charge in [0.2, 0.25) is 5.91 Å². The molecule has 1 amide bonds. The molecule has 2 heterocycles. The van der Waals surface area contributed by atoms with Crippen molar-refractivity contribution in [2.45, 2.75) is 25.3 Å². The number of nitrogens with one attached hydrogen (secondary N) is 1. The number of benzene rings is 1. The lowest BCUT2D eigenvalue weighted by molar-refractivity contribution is -0.115. The van der Waals surface area contributed by atoms with Crippen LogP contribution in [0.5, 0.6) is 0 Å². The van der Waals surface area contributed by atoms with E-state index in [1.165, 1.54) is 22.6 Å². The SMILES string of the molecule is Cc1sc2ncnc(SCCC(=O)Nc3ccc(F)cc3)c2c1C. The van der Waals surface area contributed by atoms with Gasteiger partial charge in [-0.25, -0.2) is 14.4 Å². The summed E-state index contributed by atoms with van der Waals surface area (Å²) in [5, 5.41) is 4.76. The number of anilines is 1. The Hall–Kier alpha value is -1.99. The third-order valence-corrected chi connectivity index (χ3v) is 5.73. The number of rotatable bonds is 5. The minimum Gasteiger partial charge on any atom is -0.326 e. The number of aryl methyl sites for hydroxylation is 2. The van der Waals surface area contributed by atoms with Crippen molar-refractivity contribution in [3.05, 3.63) is 46.9 Å². The minimum atomic E-state index is -0.322. The smallest absolute Gasteiger partial charge is 0.225 e. The molecular formula is C17H16FN3OS2. The van der Waals surface area contributed by atoms with Crippen LogP contribution < -0.4 is 5.32 Å². The van der Waals surface area contributed by atoms with Gasteiger partial charge < -0.3 is 5.32 Å². The van der Waals surface area contributed by atoms with E-state index in [0.717, 1.165) is 15.2 Å². The van der Waals surface area contributed by atoms with Gasteiger partial charge in [-0.2, -0.15) is 0 Å². The predicted octanol–water partition coefficient (Wildman–Crippen LogP) is 4.57. The number of aromatic nitrogens is 2. The van der Waals surface area contributed by atoms with Crippen LogP contribution in [0, 0.1) is 19.7 Å². The first kappa shape index (κ1) is 16.9. The molecule has 3 aromatic rings. The highest BCUT2D eigenvalue weighted by molar-refractivity contribution is 7.99. The molecule has 1 N–H and O–H groups in total. The molecule has 1 aromatic carbocycles. The molecule has 7 heteroatoms. The van der Waals surface area contributed by atoms with Crippen LogP contribution in [0.15, 0.2) is 35.6 Å². The molecule has 4 nitrogen and oxygen atoms in total. The van der Waals surface area contributed by atoms with Crippen LogP contribution in [-0.2, 0) is 4.79 Å². The second kappa shape index (κ2) is 7.27. The lowest BCUT2D eigenvalue weighted by atomic mass is 10.2. The summed E-state index contributed by atoms with van der Waals surface area (Å²) < 4.78 is 12.8. The minimum absolute atomic E-state index is 0.0994. The summed E-state index contributed by atoms with van der Waals surface area (Å²) in [5.74, 6) is 0.198. The second-order valence-electron chi connectivity index (χ2n) is 5.30. The Kier molecular flexibility index (Phi) is 5.11. The van der Waals surface area contributed by atoms with Crippen LogP contribution in [0.2, 0.25) is 0 Å². The van der Waals surface area contributed by atoms with E-state index >= 15 is 0 Å². The maximum Gasteiger partial charge on any atom is 0.225 e. The number of thioether (sulfide) groups is 1. The van der Waals surface area contributed by atoms with E-state index in [2.05, 4.69) is 29.1 Å². The summed E-state index contributed by atoms with van der Waals surface area (Å²) in [5.41, 5.74) is 1.80. The molecule has 24 heavy (non-hydrogen) atoms. The predicted molar refractivity (Wildman–Crippen MR) is 97.3 cm³/mol. The molecule has 2 aromatic heterocycles. The lowest BCUT2D eigenvalue weighted by Gasteiger charge is -2.06. The number of hydrogen-bond donors (Lipinski definition) is 1. The summed E-state index contributed by atoms with van der Waals surface area (Å²) in [7, 11) is 0. The van der Waals surface area contributed by atoms with Crippen LogP contribution in [-0.4, -0.2) is 21.6 Å². The van der Waals surface area contributed by atoms with E-state index in [-0.39, 0.29) is 11.7 Å². The Bertz CT molecular complexity index is 877. The van der Waals surface area contributed by atoms with Crippen molar-refractivity contribution in [3.8, 4) is 0 Å². The highest BCUT2D eigenvalue weighted by Crippen LogP contribution is 2.34. The van der Waals surface area contributed by atoms with E-state index in [4.69, 9.17) is 0 Å². The van der Waals surface area contributed by atoms with Crippen molar-refractivity contribution in [1.29, 1.82) is 0 Å². The lowest BCUT2D eigenvalue weighted by Crippen LogP contribution is -2.12. The van der Waals surface area contributed by atoms with Gasteiger partial charge in [-0.05, 0) is 43.7 Å². The average molecular weight is 361 g/mol. The molecule has 0 aliphatic carbocycles. The first-order valence-corrected chi connectivity index (χ1v) is 9.23. The number of fused-ring (bicyclic) bond motifs is 1. The van der Waals surface area contributed by atoms with E-state index in [1.54, 1.807) is 41.6 Å². The summed E-state index contributed by atoms with van der Waals surface area (Å²) in [4.78, 5) is 22.9. The first-order chi connectivity index (χ1) is 11.5. The number of thiophene rings is 1. The number of halogens is 1. The van der Waals surface area contributed by atoms with Crippen molar-refractivity contribution in [2.24, 2.45) is 0 Å². The Morgan fingerprint density at radius 2 is 2.00 bits per heavy atom. The van der Waals surface area contributed by atoms with E-state index in [9.17, 15) is 9.18 Å². The molecule has 124 valence electrons. The van der Waals surface area contributed by atoms with E-state index < -0.39 is 0 Å². The fourth-order valence-electron chi connectivity index (χ4n) is 2.26. The molecule has 0 radical (unpaired) electrons. The Labute approximate surface area is 147 Å². The van der Waals surface area contributed by atoms with Gasteiger partial charge in [0, 0.05) is 28.1 Å². The van der Waals surface area contributed by atoms with Gasteiger partial charge in [-0.15, -0.1) is 23.1 Å². The maximum atomic E-state index is 12.8. The van der Waals surface area contributed by atoms with Crippen LogP contribution in [0.1, 0.15) is 16.9 Å². The Morgan fingerprint density at radius 3 is 2.75 bits per heavy atom. The van der Waals surface area contributed by atoms with Crippen LogP contribution in [0.3, 0.4) is 0 Å². The van der Waals surface area contributed by atoms with Crippen molar-refractivity contribution in [1.82, 2.24) is 9.97 Å². The van der Waals surface area contributed by atoms with Gasteiger partial charge in [0.15, 0.2) is 0 Å². The highest BCUT2D eigenvalue weighted by Gasteiger charge is 2.12. The number of carbonyl (C=O) groups excluding carboxylic acids is 1. The first-order valence-electron chi connectivity index (χ1n) is 7.43. The van der Waals surface area contributed by atoms with E-state index in [0.29, 0.717) is 17.9 Å². The summed E-state index contributed by atoms with van der Waals surface area (Å²) >= 11 is 3.21. The number of amides is 1. The molecule has 0 unspecified atom stereocenters. The fraction of sp³-hybridized carbons (Fsp3) is 0.235. The molecule has 0 saturated heterocycles. The third kappa shape index (κ3) is 3.73. The monoisotopic (exact) mass is 361 g/mol. The highest BCUT2D eigenvalue weighted by atomic mass is 32.2. The van der Waals surface area contributed by atoms with Gasteiger partial charge in [0.25, 0.3) is 0 Å². The zero-order valence-corrected chi connectivity index (χ0v) is 14.9. The molecule has 0 spiro atoms. The van der Waals surface area contributed by atoms with Crippen LogP contribution >= 0.6 is 23.1 Å². The normalized spacial score (nSPS) is 11.0. The maximum absolute atomic E-state index is 12.8. The number of nitrogens with zero attached hydrogens (tertiary/aromatic N) is 2. The third-order valence-electron chi connectivity index (χ3n) is 3.63. The summed E-state index contributed by atoms with van der Waals surface area (Å²) in [6.45, 7) is 4.15. The van der Waals surface area contributed by atoms with Crippen molar-refractivity contribution >= 4 is 44.9 Å². The quantitative estimate of drug-likeness (QED) is 0.534. The standard InChI is InChI=1S/C17H16FN3OS2/c1-10-11(2)24-17-15(10)16(19-9-20-17)23-8-7-14(22)21-13-5-3-12(18)4-6-13/h3-6,9H,7-8H2,1-2H3,(H,21,22). The summed E-state index contributed by atoms with van der Waals surface area (Å²) in [6.07, 6.45) is 1.92. The molecule has 0 aliphatic rings. The molecule has 0 fully saturated rings. The largest absolute Gasteiger partial charge is 0.326 e. The Morgan fingerprint density at radius 1 is 1.25 bits per heavy atom. The van der Waals surface area contributed by atoms with Crippen LogP contribution in [0.4, 0.5) is 10.1 Å². The zero-order chi connectivity index (χ0) is 17.1. The summed E-state index contributed by atoms with van der Waals surface area (Å²) in [6, 6.07) is 5.74. The molecular weight excluding hydrogens is 345 g/mol. The van der Waals surface area contributed by atoms with Gasteiger partial charge in [0.1, 0.15) is 22.0 Å². The van der Waals surface area contributed by atoms with Crippen molar-refractivity contribution < 1.29 is 9.18 Å². The van der Waals surface area contributed by atoms with Crippen molar-refractivity contribution in [2.75, 3.05) is 11.1 Å². The van der Waals surface area contributed by atoms with Crippen LogP contribution in [0.25, 0.3) is 10.2 Å². The fourth-order valence-corrected chi connectivity index (χ4v) is 4.31.